The number of sulfonamides is 1. The summed E-state index contributed by atoms with van der Waals surface area (Å²) >= 11 is 0. The number of nitrogens with one attached hydrogen (secondary N) is 1. The molecule has 0 spiro atoms. The van der Waals surface area contributed by atoms with Crippen LogP contribution < -0.4 is 14.2 Å². The second-order valence-electron chi connectivity index (χ2n) is 6.18. The van der Waals surface area contributed by atoms with Gasteiger partial charge in [0.05, 0.1) is 12.0 Å². The van der Waals surface area contributed by atoms with Gasteiger partial charge < -0.3 is 13.9 Å². The first kappa shape index (κ1) is 18.3. The summed E-state index contributed by atoms with van der Waals surface area (Å²) in [6.07, 6.45) is 0. The van der Waals surface area contributed by atoms with E-state index in [2.05, 4.69) is 4.72 Å². The van der Waals surface area contributed by atoms with Crippen molar-refractivity contribution in [2.24, 2.45) is 0 Å². The highest BCUT2D eigenvalue weighted by Crippen LogP contribution is 2.30. The molecule has 144 valence electrons. The number of furan rings is 1. The zero-order valence-corrected chi connectivity index (χ0v) is 16.0. The average molecular weight is 397 g/mol. The van der Waals surface area contributed by atoms with E-state index in [9.17, 15) is 8.42 Å². The highest BCUT2D eigenvalue weighted by Gasteiger charge is 2.16. The number of benzene rings is 3. The van der Waals surface area contributed by atoms with Gasteiger partial charge in [-0.05, 0) is 42.5 Å². The largest absolute Gasteiger partial charge is 0.497 e. The van der Waals surface area contributed by atoms with E-state index in [0.717, 1.165) is 22.1 Å². The Labute approximate surface area is 162 Å². The maximum atomic E-state index is 12.6. The summed E-state index contributed by atoms with van der Waals surface area (Å²) in [7, 11) is -2.07. The first-order chi connectivity index (χ1) is 13.6. The molecule has 0 bridgehead atoms. The molecule has 0 fully saturated rings. The SMILES string of the molecule is COc1ccc(OCCNS(=O)(=O)c2ccc3c(c2)oc2ccccc23)cc1. The van der Waals surface area contributed by atoms with Crippen molar-refractivity contribution in [2.45, 2.75) is 4.90 Å². The predicted molar refractivity (Wildman–Crippen MR) is 107 cm³/mol. The van der Waals surface area contributed by atoms with E-state index in [1.54, 1.807) is 49.6 Å². The Hall–Kier alpha value is -3.03. The van der Waals surface area contributed by atoms with Gasteiger partial charge in [0, 0.05) is 23.4 Å². The molecule has 4 rings (SSSR count). The van der Waals surface area contributed by atoms with Crippen LogP contribution in [0.2, 0.25) is 0 Å². The van der Waals surface area contributed by atoms with E-state index in [1.807, 2.05) is 24.3 Å². The fourth-order valence-electron chi connectivity index (χ4n) is 2.97. The Morgan fingerprint density at radius 2 is 1.61 bits per heavy atom. The summed E-state index contributed by atoms with van der Waals surface area (Å²) in [4.78, 5) is 0.156. The van der Waals surface area contributed by atoms with Gasteiger partial charge in [0.2, 0.25) is 10.0 Å². The Morgan fingerprint density at radius 1 is 0.893 bits per heavy atom. The summed E-state index contributed by atoms with van der Waals surface area (Å²) in [5.41, 5.74) is 1.27. The lowest BCUT2D eigenvalue weighted by Gasteiger charge is -2.09. The van der Waals surface area contributed by atoms with E-state index < -0.39 is 10.0 Å². The van der Waals surface area contributed by atoms with Crippen LogP contribution >= 0.6 is 0 Å². The van der Waals surface area contributed by atoms with Crippen LogP contribution in [0.5, 0.6) is 11.5 Å². The second kappa shape index (κ2) is 7.53. The van der Waals surface area contributed by atoms with Gasteiger partial charge >= 0.3 is 0 Å². The topological polar surface area (TPSA) is 77.8 Å². The van der Waals surface area contributed by atoms with Crippen LogP contribution in [0.1, 0.15) is 0 Å². The van der Waals surface area contributed by atoms with Crippen molar-refractivity contribution in [1.82, 2.24) is 4.72 Å². The summed E-state index contributed by atoms with van der Waals surface area (Å²) in [6, 6.07) is 19.6. The van der Waals surface area contributed by atoms with Crippen molar-refractivity contribution < 1.29 is 22.3 Å². The minimum atomic E-state index is -3.66. The normalized spacial score (nSPS) is 11.8. The van der Waals surface area contributed by atoms with Crippen molar-refractivity contribution in [3.8, 4) is 11.5 Å². The maximum absolute atomic E-state index is 12.6. The quantitative estimate of drug-likeness (QED) is 0.478. The van der Waals surface area contributed by atoms with Crippen molar-refractivity contribution in [1.29, 1.82) is 0 Å². The number of para-hydroxylation sites is 1. The van der Waals surface area contributed by atoms with E-state index >= 15 is 0 Å². The smallest absolute Gasteiger partial charge is 0.240 e. The molecule has 4 aromatic rings. The van der Waals surface area contributed by atoms with E-state index in [4.69, 9.17) is 13.9 Å². The molecule has 6 nitrogen and oxygen atoms in total. The molecule has 28 heavy (non-hydrogen) atoms. The van der Waals surface area contributed by atoms with Gasteiger partial charge in [-0.15, -0.1) is 0 Å². The molecule has 3 aromatic carbocycles. The molecule has 0 aliphatic heterocycles. The van der Waals surface area contributed by atoms with Crippen LogP contribution in [0.15, 0.2) is 76.0 Å². The molecule has 0 amide bonds. The van der Waals surface area contributed by atoms with Crippen molar-refractivity contribution in [3.63, 3.8) is 0 Å². The molecular formula is C21H19NO5S. The van der Waals surface area contributed by atoms with Crippen LogP contribution in [-0.2, 0) is 10.0 Å². The highest BCUT2D eigenvalue weighted by molar-refractivity contribution is 7.89. The van der Waals surface area contributed by atoms with Gasteiger partial charge in [-0.3, -0.25) is 0 Å². The lowest BCUT2D eigenvalue weighted by atomic mass is 10.2. The van der Waals surface area contributed by atoms with Gasteiger partial charge in [0.1, 0.15) is 29.3 Å². The van der Waals surface area contributed by atoms with Gasteiger partial charge in [0.25, 0.3) is 0 Å². The number of methoxy groups -OCH3 is 1. The monoisotopic (exact) mass is 397 g/mol. The Bertz CT molecular complexity index is 1210. The molecule has 0 saturated heterocycles. The molecule has 0 atom stereocenters. The molecule has 7 heteroatoms. The first-order valence-corrected chi connectivity index (χ1v) is 10.2. The third-order valence-electron chi connectivity index (χ3n) is 4.38. The van der Waals surface area contributed by atoms with E-state index in [0.29, 0.717) is 11.3 Å². The minimum Gasteiger partial charge on any atom is -0.497 e. The fraction of sp³-hybridized carbons (Fsp3) is 0.143. The molecule has 1 N–H and O–H groups in total. The molecule has 0 aliphatic rings. The average Bonchev–Trinajstić information content (AvgIpc) is 3.09. The van der Waals surface area contributed by atoms with Gasteiger partial charge in [0.15, 0.2) is 0 Å². The maximum Gasteiger partial charge on any atom is 0.240 e. The van der Waals surface area contributed by atoms with Crippen LogP contribution in [0.3, 0.4) is 0 Å². The van der Waals surface area contributed by atoms with Crippen LogP contribution in [0.4, 0.5) is 0 Å². The van der Waals surface area contributed by atoms with Crippen LogP contribution in [-0.4, -0.2) is 28.7 Å². The lowest BCUT2D eigenvalue weighted by Crippen LogP contribution is -2.28. The predicted octanol–water partition coefficient (Wildman–Crippen LogP) is 3.95. The second-order valence-corrected chi connectivity index (χ2v) is 7.94. The van der Waals surface area contributed by atoms with Crippen molar-refractivity contribution >= 4 is 32.0 Å². The highest BCUT2D eigenvalue weighted by atomic mass is 32.2. The third kappa shape index (κ3) is 3.67. The Morgan fingerprint density at radius 3 is 2.39 bits per heavy atom. The van der Waals surface area contributed by atoms with E-state index in [1.165, 1.54) is 0 Å². The lowest BCUT2D eigenvalue weighted by molar-refractivity contribution is 0.322. The molecule has 0 unspecified atom stereocenters. The van der Waals surface area contributed by atoms with Crippen LogP contribution in [0, 0.1) is 0 Å². The zero-order valence-electron chi connectivity index (χ0n) is 15.2. The fourth-order valence-corrected chi connectivity index (χ4v) is 4.00. The Balaban J connectivity index is 1.43. The summed E-state index contributed by atoms with van der Waals surface area (Å²) in [5, 5.41) is 1.85. The standard InChI is InChI=1S/C21H19NO5S/c1-25-15-6-8-16(9-7-15)26-13-12-22-28(23,24)17-10-11-19-18-4-2-3-5-20(18)27-21(19)14-17/h2-11,14,22H,12-13H2,1H3. The number of hydrogen-bond acceptors (Lipinski definition) is 5. The van der Waals surface area contributed by atoms with Crippen molar-refractivity contribution in [2.75, 3.05) is 20.3 Å². The Kier molecular flexibility index (Phi) is 4.93. The summed E-state index contributed by atoms with van der Waals surface area (Å²) in [6.45, 7) is 0.352. The number of rotatable bonds is 7. The molecular weight excluding hydrogens is 378 g/mol. The molecule has 1 aromatic heterocycles. The number of ether oxygens (including phenoxy) is 2. The third-order valence-corrected chi connectivity index (χ3v) is 5.84. The van der Waals surface area contributed by atoms with E-state index in [-0.39, 0.29) is 18.0 Å². The molecule has 0 aliphatic carbocycles. The van der Waals surface area contributed by atoms with Gasteiger partial charge in [-0.2, -0.15) is 0 Å². The summed E-state index contributed by atoms with van der Waals surface area (Å²) < 4.78 is 44.1. The first-order valence-electron chi connectivity index (χ1n) is 8.75. The van der Waals surface area contributed by atoms with Gasteiger partial charge in [-0.1, -0.05) is 18.2 Å². The minimum absolute atomic E-state index is 0.145. The number of hydrogen-bond donors (Lipinski definition) is 1. The summed E-state index contributed by atoms with van der Waals surface area (Å²) in [5.74, 6) is 1.37. The molecule has 1 heterocycles. The van der Waals surface area contributed by atoms with Gasteiger partial charge in [-0.25, -0.2) is 13.1 Å². The zero-order chi connectivity index (χ0) is 19.6. The van der Waals surface area contributed by atoms with Crippen molar-refractivity contribution in [3.05, 3.63) is 66.7 Å². The molecule has 0 saturated carbocycles. The molecule has 0 radical (unpaired) electrons. The number of fused-ring (bicyclic) bond motifs is 3. The van der Waals surface area contributed by atoms with Crippen LogP contribution in [0.25, 0.3) is 21.9 Å².